The smallest absolute Gasteiger partial charge is 0.220 e. The molecule has 0 fully saturated rings. The molecule has 0 rings (SSSR count). The van der Waals surface area contributed by atoms with Crippen LogP contribution in [0.4, 0.5) is 0 Å². The van der Waals surface area contributed by atoms with E-state index in [4.69, 9.17) is 0 Å². The molecule has 76 valence electrons. The van der Waals surface area contributed by atoms with Crippen molar-refractivity contribution in [3.63, 3.8) is 0 Å². The Bertz CT molecular complexity index is 152. The predicted octanol–water partition coefficient (Wildman–Crippen LogP) is 2.65. The Balaban J connectivity index is 3.20. The van der Waals surface area contributed by atoms with Gasteiger partial charge in [-0.25, -0.2) is 0 Å². The molecule has 0 aromatic carbocycles. The summed E-state index contributed by atoms with van der Waals surface area (Å²) in [5.41, 5.74) is 0. The van der Waals surface area contributed by atoms with Crippen molar-refractivity contribution in [2.45, 2.75) is 46.0 Å². The van der Waals surface area contributed by atoms with Crippen LogP contribution < -0.4 is 5.32 Å². The van der Waals surface area contributed by atoms with Crippen molar-refractivity contribution in [3.8, 4) is 0 Å². The van der Waals surface area contributed by atoms with Crippen LogP contribution >= 0.6 is 0 Å². The lowest BCUT2D eigenvalue weighted by molar-refractivity contribution is -0.121. The number of carbonyl (C=O) groups is 1. The molecule has 0 saturated heterocycles. The first kappa shape index (κ1) is 12.2. The van der Waals surface area contributed by atoms with E-state index in [1.165, 1.54) is 6.42 Å². The lowest BCUT2D eigenvalue weighted by Gasteiger charge is -2.02. The van der Waals surface area contributed by atoms with Crippen LogP contribution in [0.2, 0.25) is 0 Å². The third-order valence-corrected chi connectivity index (χ3v) is 1.88. The van der Waals surface area contributed by atoms with Gasteiger partial charge in [-0.3, -0.25) is 4.79 Å². The number of hydrogen-bond acceptors (Lipinski definition) is 1. The number of allylic oxidation sites excluding steroid dienone is 1. The Morgan fingerprint density at radius 2 is 2.15 bits per heavy atom. The first-order valence-electron chi connectivity index (χ1n) is 5.19. The fourth-order valence-corrected chi connectivity index (χ4v) is 1.09. The monoisotopic (exact) mass is 183 g/mol. The second-order valence-electron chi connectivity index (χ2n) is 3.16. The van der Waals surface area contributed by atoms with Crippen LogP contribution in [0.3, 0.4) is 0 Å². The highest BCUT2D eigenvalue weighted by molar-refractivity contribution is 5.75. The zero-order valence-electron chi connectivity index (χ0n) is 8.81. The van der Waals surface area contributed by atoms with Gasteiger partial charge < -0.3 is 5.32 Å². The normalized spacial score (nSPS) is 10.6. The second-order valence-corrected chi connectivity index (χ2v) is 3.16. The number of carbonyl (C=O) groups excluding carboxylic acids is 1. The lowest BCUT2D eigenvalue weighted by atomic mass is 10.2. The minimum absolute atomic E-state index is 0.193. The average molecular weight is 183 g/mol. The van der Waals surface area contributed by atoms with Crippen LogP contribution in [0, 0.1) is 0 Å². The highest BCUT2D eigenvalue weighted by Crippen LogP contribution is 1.98. The van der Waals surface area contributed by atoms with E-state index in [9.17, 15) is 4.79 Å². The quantitative estimate of drug-likeness (QED) is 0.477. The lowest BCUT2D eigenvalue weighted by Crippen LogP contribution is -2.23. The number of amides is 1. The fraction of sp³-hybridized carbons (Fsp3) is 0.727. The van der Waals surface area contributed by atoms with E-state index < -0.39 is 0 Å². The largest absolute Gasteiger partial charge is 0.356 e. The molecule has 0 unspecified atom stereocenters. The predicted molar refractivity (Wildman–Crippen MR) is 56.6 cm³/mol. The third-order valence-electron chi connectivity index (χ3n) is 1.88. The van der Waals surface area contributed by atoms with Crippen molar-refractivity contribution in [1.29, 1.82) is 0 Å². The Hall–Kier alpha value is -0.790. The maximum absolute atomic E-state index is 11.1. The highest BCUT2D eigenvalue weighted by atomic mass is 16.1. The molecule has 0 aliphatic heterocycles. The van der Waals surface area contributed by atoms with Gasteiger partial charge in [-0.2, -0.15) is 0 Å². The van der Waals surface area contributed by atoms with E-state index in [1.54, 1.807) is 0 Å². The molecule has 0 aliphatic rings. The molecular formula is C11H21NO. The summed E-state index contributed by atoms with van der Waals surface area (Å²) in [6.45, 7) is 4.91. The zero-order valence-corrected chi connectivity index (χ0v) is 8.81. The first-order chi connectivity index (χ1) is 6.31. The summed E-state index contributed by atoms with van der Waals surface area (Å²) < 4.78 is 0. The summed E-state index contributed by atoms with van der Waals surface area (Å²) in [6, 6.07) is 0. The van der Waals surface area contributed by atoms with Crippen molar-refractivity contribution in [3.05, 3.63) is 12.2 Å². The van der Waals surface area contributed by atoms with E-state index >= 15 is 0 Å². The summed E-state index contributed by atoms with van der Waals surface area (Å²) in [5, 5.41) is 2.89. The molecule has 0 heterocycles. The van der Waals surface area contributed by atoms with Gasteiger partial charge in [0.1, 0.15) is 0 Å². The summed E-state index contributed by atoms with van der Waals surface area (Å²) >= 11 is 0. The number of unbranched alkanes of at least 4 members (excludes halogenated alkanes) is 2. The van der Waals surface area contributed by atoms with E-state index in [0.717, 1.165) is 25.8 Å². The van der Waals surface area contributed by atoms with Gasteiger partial charge in [0.25, 0.3) is 0 Å². The Labute approximate surface area is 81.4 Å². The molecule has 0 aliphatic carbocycles. The minimum atomic E-state index is 0.193. The van der Waals surface area contributed by atoms with Gasteiger partial charge in [0.15, 0.2) is 0 Å². The summed E-state index contributed by atoms with van der Waals surface area (Å²) in [4.78, 5) is 11.1. The average Bonchev–Trinajstić information content (AvgIpc) is 2.13. The summed E-state index contributed by atoms with van der Waals surface area (Å²) in [7, 11) is 0. The summed E-state index contributed by atoms with van der Waals surface area (Å²) in [6.07, 6.45) is 9.04. The molecule has 0 spiro atoms. The first-order valence-corrected chi connectivity index (χ1v) is 5.19. The Kier molecular flexibility index (Phi) is 8.73. The number of nitrogens with one attached hydrogen (secondary N) is 1. The fourth-order valence-electron chi connectivity index (χ4n) is 1.09. The van der Waals surface area contributed by atoms with Crippen molar-refractivity contribution in [1.82, 2.24) is 5.32 Å². The Morgan fingerprint density at radius 3 is 2.77 bits per heavy atom. The molecule has 1 amide bonds. The molecule has 0 bridgehead atoms. The van der Waals surface area contributed by atoms with Crippen LogP contribution in [0.25, 0.3) is 0 Å². The summed E-state index contributed by atoms with van der Waals surface area (Å²) in [5.74, 6) is 0.193. The van der Waals surface area contributed by atoms with E-state index in [2.05, 4.69) is 18.3 Å². The van der Waals surface area contributed by atoms with Crippen LogP contribution in [0.15, 0.2) is 12.2 Å². The van der Waals surface area contributed by atoms with E-state index in [0.29, 0.717) is 6.42 Å². The van der Waals surface area contributed by atoms with Gasteiger partial charge in [-0.05, 0) is 19.8 Å². The van der Waals surface area contributed by atoms with Crippen LogP contribution in [-0.2, 0) is 4.79 Å². The van der Waals surface area contributed by atoms with Gasteiger partial charge >= 0.3 is 0 Å². The van der Waals surface area contributed by atoms with Gasteiger partial charge in [-0.15, -0.1) is 0 Å². The molecule has 0 radical (unpaired) electrons. The zero-order chi connectivity index (χ0) is 9.94. The third kappa shape index (κ3) is 9.12. The van der Waals surface area contributed by atoms with Crippen molar-refractivity contribution < 1.29 is 4.79 Å². The van der Waals surface area contributed by atoms with Crippen molar-refractivity contribution in [2.24, 2.45) is 0 Å². The molecule has 0 aromatic heterocycles. The van der Waals surface area contributed by atoms with Crippen LogP contribution in [0.5, 0.6) is 0 Å². The molecule has 0 atom stereocenters. The van der Waals surface area contributed by atoms with E-state index in [-0.39, 0.29) is 5.91 Å². The molecule has 2 heteroatoms. The molecule has 0 aromatic rings. The topological polar surface area (TPSA) is 29.1 Å². The van der Waals surface area contributed by atoms with Gasteiger partial charge in [0, 0.05) is 13.0 Å². The number of hydrogen-bond donors (Lipinski definition) is 1. The SMILES string of the molecule is C/C=C/CCNC(=O)CCCCC. The minimum Gasteiger partial charge on any atom is -0.356 e. The van der Waals surface area contributed by atoms with Gasteiger partial charge in [0.2, 0.25) is 5.91 Å². The van der Waals surface area contributed by atoms with Crippen molar-refractivity contribution >= 4 is 5.91 Å². The highest BCUT2D eigenvalue weighted by Gasteiger charge is 1.97. The number of rotatable bonds is 7. The second kappa shape index (κ2) is 9.30. The molecular weight excluding hydrogens is 162 g/mol. The van der Waals surface area contributed by atoms with Crippen LogP contribution in [0.1, 0.15) is 46.0 Å². The Morgan fingerprint density at radius 1 is 1.38 bits per heavy atom. The van der Waals surface area contributed by atoms with E-state index in [1.807, 2.05) is 13.0 Å². The molecule has 0 saturated carbocycles. The molecule has 13 heavy (non-hydrogen) atoms. The van der Waals surface area contributed by atoms with Crippen LogP contribution in [-0.4, -0.2) is 12.5 Å². The molecule has 2 nitrogen and oxygen atoms in total. The maximum Gasteiger partial charge on any atom is 0.220 e. The van der Waals surface area contributed by atoms with Gasteiger partial charge in [-0.1, -0.05) is 31.9 Å². The van der Waals surface area contributed by atoms with Gasteiger partial charge in [0.05, 0.1) is 0 Å². The molecule has 1 N–H and O–H groups in total. The maximum atomic E-state index is 11.1. The standard InChI is InChI=1S/C11H21NO/c1-3-5-7-9-11(13)12-10-8-6-4-2/h4,6H,3,5,7-10H2,1-2H3,(H,12,13)/b6-4+. The van der Waals surface area contributed by atoms with Crippen molar-refractivity contribution in [2.75, 3.05) is 6.54 Å².